The van der Waals surface area contributed by atoms with E-state index in [1.807, 2.05) is 13.8 Å². The lowest BCUT2D eigenvalue weighted by Crippen LogP contribution is -2.48. The number of rotatable bonds is 5. The van der Waals surface area contributed by atoms with E-state index in [2.05, 4.69) is 12.2 Å². The van der Waals surface area contributed by atoms with Gasteiger partial charge in [0.1, 0.15) is 6.04 Å². The zero-order valence-corrected chi connectivity index (χ0v) is 11.6. The minimum absolute atomic E-state index is 0.00958. The molecule has 0 aromatic rings. The lowest BCUT2D eigenvalue weighted by atomic mass is 9.79. The van der Waals surface area contributed by atoms with Gasteiger partial charge in [0, 0.05) is 5.92 Å². The normalized spacial score (nSPS) is 27.3. The van der Waals surface area contributed by atoms with Crippen molar-refractivity contribution in [3.8, 4) is 0 Å². The molecule has 1 amide bonds. The second-order valence-electron chi connectivity index (χ2n) is 5.58. The molecular formula is C14H25NO3. The van der Waals surface area contributed by atoms with Crippen molar-refractivity contribution >= 4 is 11.9 Å². The number of aliphatic carboxylic acids is 1. The number of amides is 1. The largest absolute Gasteiger partial charge is 0.480 e. The summed E-state index contributed by atoms with van der Waals surface area (Å²) in [5.74, 6) is -0.684. The number of carbonyl (C=O) groups is 2. The van der Waals surface area contributed by atoms with Crippen LogP contribution in [0.15, 0.2) is 0 Å². The molecule has 1 rings (SSSR count). The van der Waals surface area contributed by atoms with Gasteiger partial charge in [0.15, 0.2) is 0 Å². The zero-order valence-electron chi connectivity index (χ0n) is 11.6. The first kappa shape index (κ1) is 15.0. The molecule has 4 atom stereocenters. The van der Waals surface area contributed by atoms with Crippen molar-refractivity contribution in [1.82, 2.24) is 5.32 Å². The van der Waals surface area contributed by atoms with Crippen LogP contribution in [0.1, 0.15) is 52.9 Å². The molecule has 104 valence electrons. The number of carbonyl (C=O) groups excluding carboxylic acids is 1. The van der Waals surface area contributed by atoms with Crippen LogP contribution in [0.4, 0.5) is 0 Å². The fourth-order valence-electron chi connectivity index (χ4n) is 2.65. The zero-order chi connectivity index (χ0) is 13.7. The van der Waals surface area contributed by atoms with E-state index in [0.717, 1.165) is 25.7 Å². The van der Waals surface area contributed by atoms with Gasteiger partial charge in [-0.3, -0.25) is 4.79 Å². The van der Waals surface area contributed by atoms with Gasteiger partial charge in [0.2, 0.25) is 5.91 Å². The maximum atomic E-state index is 12.2. The Morgan fingerprint density at radius 2 is 1.94 bits per heavy atom. The predicted molar refractivity (Wildman–Crippen MR) is 70.1 cm³/mol. The third kappa shape index (κ3) is 3.72. The van der Waals surface area contributed by atoms with Crippen molar-refractivity contribution in [1.29, 1.82) is 0 Å². The smallest absolute Gasteiger partial charge is 0.326 e. The Hall–Kier alpha value is -1.06. The SMILES string of the molecule is CC[C@H](C)[C@H](NC(=O)C1CCCCC1C)C(=O)O. The molecule has 0 saturated heterocycles. The highest BCUT2D eigenvalue weighted by molar-refractivity contribution is 5.85. The van der Waals surface area contributed by atoms with E-state index in [1.54, 1.807) is 0 Å². The van der Waals surface area contributed by atoms with Crippen LogP contribution in [0, 0.1) is 17.8 Å². The van der Waals surface area contributed by atoms with Gasteiger partial charge in [-0.25, -0.2) is 4.79 Å². The lowest BCUT2D eigenvalue weighted by Gasteiger charge is -2.30. The van der Waals surface area contributed by atoms with Crippen molar-refractivity contribution in [3.05, 3.63) is 0 Å². The molecule has 0 aromatic heterocycles. The van der Waals surface area contributed by atoms with Crippen molar-refractivity contribution < 1.29 is 14.7 Å². The summed E-state index contributed by atoms with van der Waals surface area (Å²) in [4.78, 5) is 23.4. The molecule has 0 aliphatic heterocycles. The molecule has 2 unspecified atom stereocenters. The minimum atomic E-state index is -0.929. The number of carboxylic acids is 1. The third-order valence-electron chi connectivity index (χ3n) is 4.23. The number of carboxylic acid groups (broad SMARTS) is 1. The van der Waals surface area contributed by atoms with Gasteiger partial charge >= 0.3 is 5.97 Å². The molecule has 1 fully saturated rings. The van der Waals surface area contributed by atoms with Crippen LogP contribution in [-0.2, 0) is 9.59 Å². The van der Waals surface area contributed by atoms with Gasteiger partial charge in [-0.05, 0) is 24.7 Å². The molecule has 4 nitrogen and oxygen atoms in total. The van der Waals surface area contributed by atoms with E-state index in [0.29, 0.717) is 5.92 Å². The quantitative estimate of drug-likeness (QED) is 0.793. The molecule has 1 aliphatic rings. The van der Waals surface area contributed by atoms with E-state index < -0.39 is 12.0 Å². The summed E-state index contributed by atoms with van der Waals surface area (Å²) >= 11 is 0. The van der Waals surface area contributed by atoms with Crippen LogP contribution in [0.25, 0.3) is 0 Å². The summed E-state index contributed by atoms with van der Waals surface area (Å²) in [5.41, 5.74) is 0. The highest BCUT2D eigenvalue weighted by Crippen LogP contribution is 2.29. The summed E-state index contributed by atoms with van der Waals surface area (Å²) in [5, 5.41) is 11.9. The van der Waals surface area contributed by atoms with E-state index in [9.17, 15) is 14.7 Å². The standard InChI is InChI=1S/C14H25NO3/c1-4-9(2)12(14(17)18)15-13(16)11-8-6-5-7-10(11)3/h9-12H,4-8H2,1-3H3,(H,15,16)(H,17,18)/t9-,10?,11?,12-/m0/s1. The van der Waals surface area contributed by atoms with Crippen LogP contribution in [0.5, 0.6) is 0 Å². The number of hydrogen-bond donors (Lipinski definition) is 2. The summed E-state index contributed by atoms with van der Waals surface area (Å²) < 4.78 is 0. The van der Waals surface area contributed by atoms with E-state index >= 15 is 0 Å². The fraction of sp³-hybridized carbons (Fsp3) is 0.857. The summed E-state index contributed by atoms with van der Waals surface area (Å²) in [6.45, 7) is 5.89. The van der Waals surface area contributed by atoms with Gasteiger partial charge in [0.05, 0.1) is 0 Å². The monoisotopic (exact) mass is 255 g/mol. The molecule has 0 aromatic carbocycles. The van der Waals surface area contributed by atoms with Crippen LogP contribution < -0.4 is 5.32 Å². The Bertz CT molecular complexity index is 303. The maximum absolute atomic E-state index is 12.2. The molecule has 18 heavy (non-hydrogen) atoms. The lowest BCUT2D eigenvalue weighted by molar-refractivity contribution is -0.144. The molecule has 2 N–H and O–H groups in total. The van der Waals surface area contributed by atoms with Crippen molar-refractivity contribution in [3.63, 3.8) is 0 Å². The van der Waals surface area contributed by atoms with Gasteiger partial charge < -0.3 is 10.4 Å². The summed E-state index contributed by atoms with van der Waals surface area (Å²) in [6.07, 6.45) is 4.96. The van der Waals surface area contributed by atoms with Crippen LogP contribution in [-0.4, -0.2) is 23.0 Å². The molecule has 0 spiro atoms. The van der Waals surface area contributed by atoms with Crippen molar-refractivity contribution in [2.45, 2.75) is 58.9 Å². The van der Waals surface area contributed by atoms with Crippen LogP contribution in [0.2, 0.25) is 0 Å². The minimum Gasteiger partial charge on any atom is -0.480 e. The molecule has 4 heteroatoms. The molecule has 1 saturated carbocycles. The van der Waals surface area contributed by atoms with E-state index in [1.165, 1.54) is 6.42 Å². The second-order valence-corrected chi connectivity index (χ2v) is 5.58. The van der Waals surface area contributed by atoms with Gasteiger partial charge in [-0.15, -0.1) is 0 Å². The highest BCUT2D eigenvalue weighted by atomic mass is 16.4. The van der Waals surface area contributed by atoms with Gasteiger partial charge in [0.25, 0.3) is 0 Å². The highest BCUT2D eigenvalue weighted by Gasteiger charge is 2.32. The van der Waals surface area contributed by atoms with E-state index in [4.69, 9.17) is 0 Å². The Morgan fingerprint density at radius 3 is 2.44 bits per heavy atom. The molecule has 0 radical (unpaired) electrons. The Labute approximate surface area is 109 Å². The first-order valence-corrected chi connectivity index (χ1v) is 7.00. The van der Waals surface area contributed by atoms with Crippen LogP contribution in [0.3, 0.4) is 0 Å². The molecule has 0 heterocycles. The predicted octanol–water partition coefficient (Wildman–Crippen LogP) is 2.43. The number of nitrogens with one attached hydrogen (secondary N) is 1. The van der Waals surface area contributed by atoms with Gasteiger partial charge in [-0.1, -0.05) is 40.0 Å². The average molecular weight is 255 g/mol. The second kappa shape index (κ2) is 6.76. The van der Waals surface area contributed by atoms with Crippen molar-refractivity contribution in [2.24, 2.45) is 17.8 Å². The van der Waals surface area contributed by atoms with E-state index in [-0.39, 0.29) is 17.7 Å². The number of hydrogen-bond acceptors (Lipinski definition) is 2. The first-order valence-electron chi connectivity index (χ1n) is 7.00. The Balaban J connectivity index is 2.63. The Morgan fingerprint density at radius 1 is 1.33 bits per heavy atom. The fourth-order valence-corrected chi connectivity index (χ4v) is 2.65. The topological polar surface area (TPSA) is 66.4 Å². The molecular weight excluding hydrogens is 230 g/mol. The van der Waals surface area contributed by atoms with Crippen LogP contribution >= 0.6 is 0 Å². The molecule has 0 bridgehead atoms. The average Bonchev–Trinajstić information content (AvgIpc) is 2.35. The first-order chi connectivity index (χ1) is 8.47. The molecule has 1 aliphatic carbocycles. The Kier molecular flexibility index (Phi) is 5.63. The van der Waals surface area contributed by atoms with Gasteiger partial charge in [-0.2, -0.15) is 0 Å². The summed E-state index contributed by atoms with van der Waals surface area (Å²) in [6, 6.07) is -0.753. The summed E-state index contributed by atoms with van der Waals surface area (Å²) in [7, 11) is 0. The third-order valence-corrected chi connectivity index (χ3v) is 4.23. The van der Waals surface area contributed by atoms with Crippen molar-refractivity contribution in [2.75, 3.05) is 0 Å². The maximum Gasteiger partial charge on any atom is 0.326 e.